The number of urea groups is 1. The van der Waals surface area contributed by atoms with E-state index in [1.54, 1.807) is 4.68 Å². The fourth-order valence-corrected chi connectivity index (χ4v) is 5.90. The number of carbonyl (C=O) groups is 1. The van der Waals surface area contributed by atoms with Crippen molar-refractivity contribution in [2.45, 2.75) is 63.3 Å². The Balaban J connectivity index is 1.48. The summed E-state index contributed by atoms with van der Waals surface area (Å²) in [5, 5.41) is 13.2. The van der Waals surface area contributed by atoms with Gasteiger partial charge in [0.2, 0.25) is 5.88 Å². The predicted molar refractivity (Wildman–Crippen MR) is 114 cm³/mol. The number of fused-ring (bicyclic) bond motifs is 3. The molecule has 30 heavy (non-hydrogen) atoms. The summed E-state index contributed by atoms with van der Waals surface area (Å²) in [7, 11) is -3.48. The molecule has 1 aromatic heterocycles. The van der Waals surface area contributed by atoms with E-state index >= 15 is 0 Å². The smallest absolute Gasteiger partial charge is 0.354 e. The highest BCUT2D eigenvalue weighted by atomic mass is 32.2. The summed E-state index contributed by atoms with van der Waals surface area (Å²) in [6.07, 6.45) is 6.45. The number of rotatable bonds is 2. The van der Waals surface area contributed by atoms with Gasteiger partial charge in [0.15, 0.2) is 9.92 Å². The maximum absolute atomic E-state index is 13.1. The van der Waals surface area contributed by atoms with Crippen LogP contribution >= 0.6 is 0 Å². The number of benzene rings is 1. The number of hydrogen-bond acceptors (Lipinski definition) is 4. The van der Waals surface area contributed by atoms with Gasteiger partial charge in [-0.3, -0.25) is 0 Å². The molecule has 0 spiro atoms. The summed E-state index contributed by atoms with van der Waals surface area (Å²) in [6, 6.07) is 1.62. The standard InChI is InChI=1S/C21H27N5O3S/c1-12-10-26-20(29-11-12)18(9-23-26)30(22,28)25-21(27)24-19-15-5-3-4-14(15)8-17-13(2)6-7-16(17)19/h8-9,12-13H,3-7,10-11H2,1-2H3,(H3,22,24,25,27,28). The normalized spacial score (nSPS) is 23.7. The number of hydrogen-bond donors (Lipinski definition) is 2. The molecule has 3 aliphatic rings. The molecule has 2 aliphatic carbocycles. The molecule has 0 radical (unpaired) electrons. The third-order valence-electron chi connectivity index (χ3n) is 6.41. The van der Waals surface area contributed by atoms with Crippen LogP contribution in [0.5, 0.6) is 5.88 Å². The van der Waals surface area contributed by atoms with E-state index in [1.807, 2.05) is 6.92 Å². The number of nitrogens with one attached hydrogen (secondary N) is 1. The van der Waals surface area contributed by atoms with Gasteiger partial charge >= 0.3 is 6.03 Å². The molecule has 3 unspecified atom stereocenters. The minimum atomic E-state index is -3.48. The number of amides is 2. The van der Waals surface area contributed by atoms with Crippen molar-refractivity contribution in [2.75, 3.05) is 11.9 Å². The van der Waals surface area contributed by atoms with Gasteiger partial charge in [0.05, 0.1) is 19.3 Å². The zero-order valence-electron chi connectivity index (χ0n) is 17.3. The highest BCUT2D eigenvalue weighted by Crippen LogP contribution is 2.43. The van der Waals surface area contributed by atoms with Crippen molar-refractivity contribution >= 4 is 21.6 Å². The lowest BCUT2D eigenvalue weighted by atomic mass is 9.96. The third-order valence-corrected chi connectivity index (χ3v) is 7.76. The zero-order valence-corrected chi connectivity index (χ0v) is 18.1. The Labute approximate surface area is 176 Å². The SMILES string of the molecule is CC1COc2c(S(N)(=O)=NC(=O)Nc3c4c(cc5c3CCC5C)CCC4)cnn2C1. The molecule has 0 bridgehead atoms. The number of ether oxygens (including phenoxy) is 1. The molecule has 160 valence electrons. The second-order valence-corrected chi connectivity index (χ2v) is 10.5. The van der Waals surface area contributed by atoms with Crippen molar-refractivity contribution in [1.29, 1.82) is 0 Å². The van der Waals surface area contributed by atoms with Gasteiger partial charge in [0, 0.05) is 11.6 Å². The molecule has 3 N–H and O–H groups in total. The van der Waals surface area contributed by atoms with Crippen molar-refractivity contribution in [1.82, 2.24) is 9.78 Å². The van der Waals surface area contributed by atoms with Gasteiger partial charge in [-0.2, -0.15) is 5.10 Å². The van der Waals surface area contributed by atoms with Gasteiger partial charge in [-0.1, -0.05) is 19.9 Å². The van der Waals surface area contributed by atoms with Crippen LogP contribution in [0.4, 0.5) is 10.5 Å². The summed E-state index contributed by atoms with van der Waals surface area (Å²) in [4.78, 5) is 13.0. The van der Waals surface area contributed by atoms with Gasteiger partial charge in [-0.15, -0.1) is 4.36 Å². The molecule has 9 heteroatoms. The molecular weight excluding hydrogens is 402 g/mol. The summed E-state index contributed by atoms with van der Waals surface area (Å²) in [5.41, 5.74) is 5.85. The van der Waals surface area contributed by atoms with Crippen molar-refractivity contribution < 1.29 is 13.7 Å². The zero-order chi connectivity index (χ0) is 21.0. The summed E-state index contributed by atoms with van der Waals surface area (Å²) >= 11 is 0. The second kappa shape index (κ2) is 7.09. The first-order chi connectivity index (χ1) is 14.3. The molecule has 0 saturated carbocycles. The monoisotopic (exact) mass is 429 g/mol. The largest absolute Gasteiger partial charge is 0.477 e. The maximum atomic E-state index is 13.1. The molecule has 0 saturated heterocycles. The first-order valence-electron chi connectivity index (χ1n) is 10.6. The minimum Gasteiger partial charge on any atom is -0.477 e. The first-order valence-corrected chi connectivity index (χ1v) is 12.1. The Kier molecular flexibility index (Phi) is 4.62. The van der Waals surface area contributed by atoms with Crippen molar-refractivity contribution in [2.24, 2.45) is 15.4 Å². The van der Waals surface area contributed by atoms with Gasteiger partial charge in [-0.25, -0.2) is 18.8 Å². The molecule has 3 atom stereocenters. The van der Waals surface area contributed by atoms with E-state index in [2.05, 4.69) is 27.8 Å². The number of nitrogens with two attached hydrogens (primary N) is 1. The number of aryl methyl sites for hydroxylation is 1. The topological polar surface area (TPSA) is 112 Å². The minimum absolute atomic E-state index is 0.168. The molecule has 5 rings (SSSR count). The Morgan fingerprint density at radius 1 is 1.33 bits per heavy atom. The van der Waals surface area contributed by atoms with Crippen LogP contribution in [0.15, 0.2) is 21.5 Å². The van der Waals surface area contributed by atoms with Gasteiger partial charge in [0.25, 0.3) is 0 Å². The number of nitrogens with zero attached hydrogens (tertiary/aromatic N) is 3. The van der Waals surface area contributed by atoms with Gasteiger partial charge < -0.3 is 10.1 Å². The van der Waals surface area contributed by atoms with Gasteiger partial charge in [0.1, 0.15) is 4.90 Å². The molecular formula is C21H27N5O3S. The van der Waals surface area contributed by atoms with E-state index < -0.39 is 15.9 Å². The predicted octanol–water partition coefficient (Wildman–Crippen LogP) is 3.38. The second-order valence-electron chi connectivity index (χ2n) is 8.75. The van der Waals surface area contributed by atoms with Crippen LogP contribution in [0.1, 0.15) is 54.9 Å². The highest BCUT2D eigenvalue weighted by Gasteiger charge is 2.29. The van der Waals surface area contributed by atoms with Gasteiger partial charge in [-0.05, 0) is 60.3 Å². The fraction of sp³-hybridized carbons (Fsp3) is 0.524. The molecule has 2 aromatic rings. The lowest BCUT2D eigenvalue weighted by Crippen LogP contribution is -2.25. The van der Waals surface area contributed by atoms with E-state index in [0.29, 0.717) is 30.9 Å². The van der Waals surface area contributed by atoms with Crippen LogP contribution in [0, 0.1) is 5.92 Å². The Bertz CT molecular complexity index is 1160. The van der Waals surface area contributed by atoms with E-state index in [0.717, 1.165) is 37.8 Å². The lowest BCUT2D eigenvalue weighted by Gasteiger charge is -2.21. The summed E-state index contributed by atoms with van der Waals surface area (Å²) in [5.74, 6) is 1.12. The quantitative estimate of drug-likeness (QED) is 0.762. The van der Waals surface area contributed by atoms with Crippen LogP contribution in [0.25, 0.3) is 0 Å². The van der Waals surface area contributed by atoms with Crippen LogP contribution < -0.4 is 15.2 Å². The van der Waals surface area contributed by atoms with E-state index in [9.17, 15) is 9.00 Å². The molecule has 1 aromatic carbocycles. The van der Waals surface area contributed by atoms with E-state index in [-0.39, 0.29) is 4.90 Å². The summed E-state index contributed by atoms with van der Waals surface area (Å²) in [6.45, 7) is 5.40. The van der Waals surface area contributed by atoms with Crippen LogP contribution in [-0.4, -0.2) is 26.6 Å². The van der Waals surface area contributed by atoms with Crippen molar-refractivity contribution in [3.05, 3.63) is 34.5 Å². The van der Waals surface area contributed by atoms with Crippen LogP contribution in [0.2, 0.25) is 0 Å². The fourth-order valence-electron chi connectivity index (χ4n) is 4.89. The third kappa shape index (κ3) is 3.20. The first kappa shape index (κ1) is 19.6. The Morgan fingerprint density at radius 3 is 3.00 bits per heavy atom. The summed E-state index contributed by atoms with van der Waals surface area (Å²) < 4.78 is 24.3. The maximum Gasteiger partial charge on any atom is 0.354 e. The number of carbonyl (C=O) groups excluding carboxylic acids is 1. The number of anilines is 1. The van der Waals surface area contributed by atoms with E-state index in [1.165, 1.54) is 28.5 Å². The molecule has 0 fully saturated rings. The lowest BCUT2D eigenvalue weighted by molar-refractivity contribution is 0.171. The molecule has 2 amide bonds. The van der Waals surface area contributed by atoms with Crippen LogP contribution in [0.3, 0.4) is 0 Å². The van der Waals surface area contributed by atoms with E-state index in [4.69, 9.17) is 9.88 Å². The molecule has 2 heterocycles. The highest BCUT2D eigenvalue weighted by molar-refractivity contribution is 7.91. The number of aromatic nitrogens is 2. The van der Waals surface area contributed by atoms with Crippen LogP contribution in [-0.2, 0) is 35.7 Å². The average Bonchev–Trinajstić information content (AvgIpc) is 3.40. The average molecular weight is 430 g/mol. The molecule has 8 nitrogen and oxygen atoms in total. The molecule has 1 aliphatic heterocycles. The Hall–Kier alpha value is -2.39. The van der Waals surface area contributed by atoms with Crippen molar-refractivity contribution in [3.63, 3.8) is 0 Å². The van der Waals surface area contributed by atoms with Crippen molar-refractivity contribution in [3.8, 4) is 5.88 Å². The Morgan fingerprint density at radius 2 is 2.17 bits per heavy atom.